The van der Waals surface area contributed by atoms with Crippen LogP contribution in [0.15, 0.2) is 41.4 Å². The van der Waals surface area contributed by atoms with E-state index in [1.54, 1.807) is 39.0 Å². The van der Waals surface area contributed by atoms with Crippen molar-refractivity contribution in [1.29, 1.82) is 0 Å². The van der Waals surface area contributed by atoms with Crippen molar-refractivity contribution in [3.8, 4) is 0 Å². The van der Waals surface area contributed by atoms with Gasteiger partial charge in [-0.3, -0.25) is 4.79 Å². The lowest BCUT2D eigenvalue weighted by molar-refractivity contribution is -0.118. The van der Waals surface area contributed by atoms with Crippen LogP contribution in [-0.2, 0) is 32.5 Å². The summed E-state index contributed by atoms with van der Waals surface area (Å²) >= 11 is 6.73. The summed E-state index contributed by atoms with van der Waals surface area (Å²) in [5.41, 5.74) is 2.80. The van der Waals surface area contributed by atoms with Gasteiger partial charge in [-0.05, 0) is 85.6 Å². The fraction of sp³-hybridized carbons (Fsp3) is 0.543. The van der Waals surface area contributed by atoms with Gasteiger partial charge in [0.05, 0.1) is 15.6 Å². The molecule has 1 N–H and O–H groups in total. The van der Waals surface area contributed by atoms with E-state index in [-0.39, 0.29) is 30.1 Å². The molecule has 0 aliphatic carbocycles. The Morgan fingerprint density at radius 3 is 2.27 bits per heavy atom. The number of amides is 2. The first-order valence-corrected chi connectivity index (χ1v) is 20.8. The van der Waals surface area contributed by atoms with Gasteiger partial charge in [-0.2, -0.15) is 4.72 Å². The minimum Gasteiger partial charge on any atom is -0.444 e. The molecule has 0 spiro atoms. The maximum atomic E-state index is 15.5. The van der Waals surface area contributed by atoms with Crippen LogP contribution in [0.5, 0.6) is 0 Å². The summed E-state index contributed by atoms with van der Waals surface area (Å²) in [6.45, 7) is 19.5. The Morgan fingerprint density at radius 1 is 1.02 bits per heavy atom. The second kappa shape index (κ2) is 13.1. The van der Waals surface area contributed by atoms with Crippen LogP contribution < -0.4 is 9.62 Å². The van der Waals surface area contributed by atoms with E-state index in [0.717, 1.165) is 16.5 Å². The molecule has 48 heavy (non-hydrogen) atoms. The normalized spacial score (nSPS) is 17.7. The molecule has 3 heterocycles. The van der Waals surface area contributed by atoms with Crippen molar-refractivity contribution in [1.82, 2.24) is 13.9 Å². The number of hydrogen-bond acceptors (Lipinski definition) is 5. The fourth-order valence-corrected chi connectivity index (χ4v) is 16.2. The quantitative estimate of drug-likeness (QED) is 0.239. The summed E-state index contributed by atoms with van der Waals surface area (Å²) in [5, 5.41) is 1.36. The van der Waals surface area contributed by atoms with E-state index in [2.05, 4.69) is 50.5 Å². The number of nitrogens with one attached hydrogen (secondary N) is 1. The van der Waals surface area contributed by atoms with Gasteiger partial charge < -0.3 is 18.8 Å². The van der Waals surface area contributed by atoms with Crippen LogP contribution in [0.25, 0.3) is 10.9 Å². The monoisotopic (exact) mass is 718 g/mol. The number of carbonyl (C=O) groups is 2. The van der Waals surface area contributed by atoms with Gasteiger partial charge in [0.25, 0.3) is 0 Å². The van der Waals surface area contributed by atoms with Gasteiger partial charge in [-0.25, -0.2) is 17.6 Å². The first-order chi connectivity index (χ1) is 22.3. The zero-order valence-electron chi connectivity index (χ0n) is 29.4. The molecule has 1 fully saturated rings. The van der Waals surface area contributed by atoms with Gasteiger partial charge in [0.1, 0.15) is 17.5 Å². The third-order valence-corrected chi connectivity index (χ3v) is 18.5. The molecule has 0 unspecified atom stereocenters. The molecule has 2 aromatic carbocycles. The lowest BCUT2D eigenvalue weighted by Crippen LogP contribution is -2.51. The zero-order valence-corrected chi connectivity index (χ0v) is 31.9. The van der Waals surface area contributed by atoms with Crippen molar-refractivity contribution in [2.45, 2.75) is 115 Å². The lowest BCUT2D eigenvalue weighted by Gasteiger charge is -2.44. The molecular weight excluding hydrogens is 671 g/mol. The second-order valence-electron chi connectivity index (χ2n) is 15.1. The molecule has 9 nitrogen and oxygen atoms in total. The van der Waals surface area contributed by atoms with Crippen LogP contribution in [0.4, 0.5) is 14.9 Å². The van der Waals surface area contributed by atoms with E-state index in [1.807, 2.05) is 6.20 Å². The molecule has 2 aliphatic heterocycles. The number of ether oxygens (including phenoxy) is 1. The summed E-state index contributed by atoms with van der Waals surface area (Å²) in [5.74, 6) is -1.12. The van der Waals surface area contributed by atoms with Gasteiger partial charge in [0.2, 0.25) is 15.9 Å². The summed E-state index contributed by atoms with van der Waals surface area (Å²) in [6, 6.07) is 6.87. The van der Waals surface area contributed by atoms with Crippen LogP contribution in [0.2, 0.25) is 21.6 Å². The van der Waals surface area contributed by atoms with Crippen molar-refractivity contribution in [2.24, 2.45) is 0 Å². The molecule has 262 valence electrons. The van der Waals surface area contributed by atoms with E-state index in [0.29, 0.717) is 40.2 Å². The molecule has 13 heteroatoms. The van der Waals surface area contributed by atoms with Crippen LogP contribution >= 0.6 is 11.6 Å². The molecule has 0 saturated carbocycles. The molecule has 1 atom stereocenters. The third-order valence-electron chi connectivity index (χ3n) is 9.96. The average Bonchev–Trinajstić information content (AvgIpc) is 3.49. The second-order valence-corrected chi connectivity index (χ2v) is 22.9. The maximum Gasteiger partial charge on any atom is 0.410 e. The Bertz CT molecular complexity index is 1830. The van der Waals surface area contributed by atoms with Crippen molar-refractivity contribution in [3.05, 3.63) is 58.5 Å². The number of fused-ring (bicyclic) bond motifs is 2. The number of anilines is 1. The van der Waals surface area contributed by atoms with Crippen LogP contribution in [0.1, 0.15) is 79.9 Å². The number of aromatic nitrogens is 1. The highest BCUT2D eigenvalue weighted by Gasteiger charge is 2.46. The molecule has 2 aliphatic rings. The summed E-state index contributed by atoms with van der Waals surface area (Å²) in [7, 11) is -6.38. The first kappa shape index (κ1) is 36.4. The van der Waals surface area contributed by atoms with E-state index in [9.17, 15) is 18.0 Å². The van der Waals surface area contributed by atoms with Crippen LogP contribution in [0, 0.1) is 5.82 Å². The molecular formula is C35H48ClFN4O5SSi. The molecule has 0 bridgehead atoms. The summed E-state index contributed by atoms with van der Waals surface area (Å²) in [6.07, 6.45) is 2.17. The molecule has 1 saturated heterocycles. The minimum atomic E-state index is -4.12. The molecule has 1 aromatic heterocycles. The Kier molecular flexibility index (Phi) is 9.90. The number of sulfonamides is 1. The van der Waals surface area contributed by atoms with E-state index >= 15 is 4.39 Å². The molecule has 0 radical (unpaired) electrons. The number of rotatable bonds is 8. The summed E-state index contributed by atoms with van der Waals surface area (Å²) in [4.78, 5) is 29.1. The van der Waals surface area contributed by atoms with Crippen molar-refractivity contribution >= 4 is 58.5 Å². The Labute approximate surface area is 289 Å². The Hall–Kier alpha value is -2.93. The smallest absolute Gasteiger partial charge is 0.410 e. The average molecular weight is 719 g/mol. The number of hydrogen-bond donors (Lipinski definition) is 1. The number of carbonyl (C=O) groups excluding carboxylic acids is 2. The highest BCUT2D eigenvalue weighted by Crippen LogP contribution is 2.46. The van der Waals surface area contributed by atoms with Gasteiger partial charge in [-0.1, -0.05) is 59.2 Å². The van der Waals surface area contributed by atoms with E-state index in [1.165, 1.54) is 21.9 Å². The zero-order chi connectivity index (χ0) is 35.5. The number of benzene rings is 2. The fourth-order valence-electron chi connectivity index (χ4n) is 8.03. The number of halogens is 2. The number of nitrogens with zero attached hydrogens (tertiary/aromatic N) is 3. The van der Waals surface area contributed by atoms with Crippen molar-refractivity contribution in [2.75, 3.05) is 18.0 Å². The third kappa shape index (κ3) is 6.53. The van der Waals surface area contributed by atoms with Gasteiger partial charge in [0, 0.05) is 36.7 Å². The van der Waals surface area contributed by atoms with E-state index in [4.69, 9.17) is 16.3 Å². The van der Waals surface area contributed by atoms with Crippen molar-refractivity contribution < 1.29 is 27.1 Å². The standard InChI is InChI=1S/C35H48ClFN4O5SSi/c1-21(2)48(22(3)4,23(5)6)41-20-28(36)27-11-10-26(18-31(27)41)47(44,45)38-30-13-15-40(33(30)42)32-17-24-12-14-39(19-25(24)16-29(32)37)34(43)46-35(7,8)9/h10-11,16-18,20-23,30,38H,12-15,19H2,1-9H3/t30-/m0/s1. The van der Waals surface area contributed by atoms with Crippen LogP contribution in [0.3, 0.4) is 0 Å². The van der Waals surface area contributed by atoms with Crippen LogP contribution in [-0.4, -0.2) is 62.5 Å². The Morgan fingerprint density at radius 2 is 1.67 bits per heavy atom. The molecule has 2 amide bonds. The van der Waals surface area contributed by atoms with Gasteiger partial charge in [0.15, 0.2) is 8.24 Å². The predicted octanol–water partition coefficient (Wildman–Crippen LogP) is 7.83. The van der Waals surface area contributed by atoms with E-state index < -0.39 is 47.7 Å². The minimum absolute atomic E-state index is 0.0472. The largest absolute Gasteiger partial charge is 0.444 e. The van der Waals surface area contributed by atoms with Gasteiger partial charge >= 0.3 is 6.09 Å². The Balaban J connectivity index is 1.38. The highest BCUT2D eigenvalue weighted by atomic mass is 35.5. The maximum absolute atomic E-state index is 15.5. The SMILES string of the molecule is CC(C)[Si](C(C)C)(C(C)C)n1cc(Cl)c2ccc(S(=O)(=O)N[C@H]3CCN(c4cc5c(cc4F)CN(C(=O)OC(C)(C)C)CC5)C3=O)cc21. The summed E-state index contributed by atoms with van der Waals surface area (Å²) < 4.78 is 53.5. The molecule has 5 rings (SSSR count). The predicted molar refractivity (Wildman–Crippen MR) is 191 cm³/mol. The first-order valence-electron chi connectivity index (χ1n) is 16.7. The van der Waals surface area contributed by atoms with Gasteiger partial charge in [-0.15, -0.1) is 0 Å². The van der Waals surface area contributed by atoms with Crippen molar-refractivity contribution in [3.63, 3.8) is 0 Å². The lowest BCUT2D eigenvalue weighted by atomic mass is 9.98. The molecule has 3 aromatic rings. The topological polar surface area (TPSA) is 101 Å². The highest BCUT2D eigenvalue weighted by molar-refractivity contribution is 7.89.